The summed E-state index contributed by atoms with van der Waals surface area (Å²) >= 11 is 1.59. The van der Waals surface area contributed by atoms with E-state index in [2.05, 4.69) is 10.3 Å². The molecule has 2 aromatic rings. The first-order valence-electron chi connectivity index (χ1n) is 6.11. The van der Waals surface area contributed by atoms with Crippen LogP contribution in [0.4, 0.5) is 0 Å². The van der Waals surface area contributed by atoms with Crippen LogP contribution in [0.1, 0.15) is 16.6 Å². The zero-order valence-corrected chi connectivity index (χ0v) is 12.8. The van der Waals surface area contributed by atoms with Gasteiger partial charge < -0.3 is 19.5 Å². The van der Waals surface area contributed by atoms with E-state index in [0.29, 0.717) is 11.5 Å². The Bertz CT molecular complexity index is 558. The minimum atomic E-state index is -0.0512. The molecule has 5 nitrogen and oxygen atoms in total. The molecule has 1 N–H and O–H groups in total. The molecule has 0 aliphatic rings. The highest BCUT2D eigenvalue weighted by atomic mass is 32.1. The smallest absolute Gasteiger partial charge is 0.164 e. The number of methoxy groups -OCH3 is 3. The third-order valence-electron chi connectivity index (χ3n) is 3.03. The van der Waals surface area contributed by atoms with Gasteiger partial charge in [0.25, 0.3) is 0 Å². The van der Waals surface area contributed by atoms with E-state index in [9.17, 15) is 0 Å². The number of aromatic nitrogens is 1. The number of nitrogens with one attached hydrogen (secondary N) is 1. The molecular weight excluding hydrogens is 276 g/mol. The minimum Gasteiger partial charge on any atom is -0.496 e. The maximum atomic E-state index is 5.47. The molecule has 0 amide bonds. The van der Waals surface area contributed by atoms with E-state index < -0.39 is 0 Å². The van der Waals surface area contributed by atoms with E-state index in [1.165, 1.54) is 0 Å². The average Bonchev–Trinajstić information content (AvgIpc) is 3.01. The van der Waals surface area contributed by atoms with Gasteiger partial charge in [-0.25, -0.2) is 4.98 Å². The molecule has 0 saturated carbocycles. The molecule has 0 bridgehead atoms. The summed E-state index contributed by atoms with van der Waals surface area (Å²) in [5.41, 5.74) is 0.961. The first-order chi connectivity index (χ1) is 9.74. The molecule has 1 aromatic heterocycles. The fraction of sp³-hybridized carbons (Fsp3) is 0.357. The van der Waals surface area contributed by atoms with Crippen molar-refractivity contribution in [3.63, 3.8) is 0 Å². The first-order valence-corrected chi connectivity index (χ1v) is 6.99. The first kappa shape index (κ1) is 14.6. The van der Waals surface area contributed by atoms with Crippen LogP contribution in [0, 0.1) is 0 Å². The average molecular weight is 294 g/mol. The van der Waals surface area contributed by atoms with Gasteiger partial charge in [-0.3, -0.25) is 0 Å². The molecule has 1 aromatic carbocycles. The lowest BCUT2D eigenvalue weighted by molar-refractivity contribution is 0.346. The van der Waals surface area contributed by atoms with Crippen molar-refractivity contribution in [2.75, 3.05) is 28.4 Å². The van der Waals surface area contributed by atoms with Gasteiger partial charge in [0, 0.05) is 23.2 Å². The monoisotopic (exact) mass is 294 g/mol. The van der Waals surface area contributed by atoms with Crippen LogP contribution in [0.2, 0.25) is 0 Å². The molecule has 0 radical (unpaired) electrons. The standard InChI is InChI=1S/C14H18N2O3S/c1-15-13(14-16-5-6-20-14)9-7-11(18-3)12(19-4)8-10(9)17-2/h5-8,13,15H,1-4H3. The van der Waals surface area contributed by atoms with Crippen LogP contribution < -0.4 is 19.5 Å². The molecule has 1 atom stereocenters. The highest BCUT2D eigenvalue weighted by Gasteiger charge is 2.21. The van der Waals surface area contributed by atoms with Gasteiger partial charge in [0.05, 0.1) is 27.4 Å². The van der Waals surface area contributed by atoms with Crippen LogP contribution in [0.5, 0.6) is 17.2 Å². The summed E-state index contributed by atoms with van der Waals surface area (Å²) in [7, 11) is 6.75. The van der Waals surface area contributed by atoms with Gasteiger partial charge in [0.1, 0.15) is 10.8 Å². The Morgan fingerprint density at radius 2 is 1.70 bits per heavy atom. The summed E-state index contributed by atoms with van der Waals surface area (Å²) in [6, 6.07) is 3.69. The maximum absolute atomic E-state index is 5.47. The number of thiazole rings is 1. The van der Waals surface area contributed by atoms with Crippen LogP contribution in [-0.4, -0.2) is 33.4 Å². The summed E-state index contributed by atoms with van der Waals surface area (Å²) in [6.45, 7) is 0. The summed E-state index contributed by atoms with van der Waals surface area (Å²) < 4.78 is 16.1. The highest BCUT2D eigenvalue weighted by molar-refractivity contribution is 7.09. The van der Waals surface area contributed by atoms with E-state index in [1.807, 2.05) is 24.6 Å². The number of hydrogen-bond acceptors (Lipinski definition) is 6. The number of rotatable bonds is 6. The third kappa shape index (κ3) is 2.71. The summed E-state index contributed by atoms with van der Waals surface area (Å²) in [6.07, 6.45) is 1.79. The van der Waals surface area contributed by atoms with Crippen molar-refractivity contribution in [3.05, 3.63) is 34.3 Å². The third-order valence-corrected chi connectivity index (χ3v) is 3.87. The van der Waals surface area contributed by atoms with Gasteiger partial charge in [0.15, 0.2) is 11.5 Å². The van der Waals surface area contributed by atoms with Crippen molar-refractivity contribution >= 4 is 11.3 Å². The van der Waals surface area contributed by atoms with Gasteiger partial charge in [0.2, 0.25) is 0 Å². The fourth-order valence-corrected chi connectivity index (χ4v) is 2.83. The van der Waals surface area contributed by atoms with Crippen molar-refractivity contribution < 1.29 is 14.2 Å². The predicted octanol–water partition coefficient (Wildman–Crippen LogP) is 2.48. The maximum Gasteiger partial charge on any atom is 0.164 e. The minimum absolute atomic E-state index is 0.0512. The van der Waals surface area contributed by atoms with Crippen molar-refractivity contribution in [2.45, 2.75) is 6.04 Å². The lowest BCUT2D eigenvalue weighted by Crippen LogP contribution is -2.18. The topological polar surface area (TPSA) is 52.6 Å². The zero-order chi connectivity index (χ0) is 14.5. The lowest BCUT2D eigenvalue weighted by atomic mass is 10.1. The molecule has 108 valence electrons. The number of ether oxygens (including phenoxy) is 3. The Labute approximate surface area is 122 Å². The number of hydrogen-bond donors (Lipinski definition) is 1. The van der Waals surface area contributed by atoms with Crippen molar-refractivity contribution in [1.82, 2.24) is 10.3 Å². The highest BCUT2D eigenvalue weighted by Crippen LogP contribution is 2.39. The second-order valence-electron chi connectivity index (χ2n) is 4.04. The Morgan fingerprint density at radius 3 is 2.20 bits per heavy atom. The Morgan fingerprint density at radius 1 is 1.05 bits per heavy atom. The van der Waals surface area contributed by atoms with Gasteiger partial charge in [-0.1, -0.05) is 0 Å². The van der Waals surface area contributed by atoms with Gasteiger partial charge >= 0.3 is 0 Å². The second kappa shape index (κ2) is 6.58. The number of nitrogens with zero attached hydrogens (tertiary/aromatic N) is 1. The predicted molar refractivity (Wildman–Crippen MR) is 79.1 cm³/mol. The molecule has 0 aliphatic carbocycles. The molecule has 0 saturated heterocycles. The zero-order valence-electron chi connectivity index (χ0n) is 12.0. The molecule has 6 heteroatoms. The van der Waals surface area contributed by atoms with Crippen LogP contribution in [0.25, 0.3) is 0 Å². The van der Waals surface area contributed by atoms with Gasteiger partial charge in [-0.2, -0.15) is 0 Å². The van der Waals surface area contributed by atoms with E-state index in [-0.39, 0.29) is 6.04 Å². The molecular formula is C14H18N2O3S. The van der Waals surface area contributed by atoms with Crippen molar-refractivity contribution in [1.29, 1.82) is 0 Å². The lowest BCUT2D eigenvalue weighted by Gasteiger charge is -2.19. The Hall–Kier alpha value is -1.79. The summed E-state index contributed by atoms with van der Waals surface area (Å²) in [4.78, 5) is 4.37. The Balaban J connectivity index is 2.53. The normalized spacial score (nSPS) is 12.0. The van der Waals surface area contributed by atoms with Gasteiger partial charge in [-0.15, -0.1) is 11.3 Å². The van der Waals surface area contributed by atoms with Gasteiger partial charge in [-0.05, 0) is 13.1 Å². The van der Waals surface area contributed by atoms with E-state index in [1.54, 1.807) is 38.9 Å². The van der Waals surface area contributed by atoms with Crippen molar-refractivity contribution in [2.24, 2.45) is 0 Å². The summed E-state index contributed by atoms with van der Waals surface area (Å²) in [5.74, 6) is 2.04. The van der Waals surface area contributed by atoms with Crippen LogP contribution in [0.15, 0.2) is 23.7 Å². The molecule has 0 aliphatic heterocycles. The van der Waals surface area contributed by atoms with E-state index in [0.717, 1.165) is 16.3 Å². The molecule has 0 fully saturated rings. The second-order valence-corrected chi connectivity index (χ2v) is 4.97. The Kier molecular flexibility index (Phi) is 4.81. The van der Waals surface area contributed by atoms with E-state index in [4.69, 9.17) is 14.2 Å². The van der Waals surface area contributed by atoms with Crippen LogP contribution in [-0.2, 0) is 0 Å². The van der Waals surface area contributed by atoms with Crippen LogP contribution >= 0.6 is 11.3 Å². The van der Waals surface area contributed by atoms with Crippen molar-refractivity contribution in [3.8, 4) is 17.2 Å². The largest absolute Gasteiger partial charge is 0.496 e. The molecule has 0 spiro atoms. The number of benzene rings is 1. The van der Waals surface area contributed by atoms with Crippen LogP contribution in [0.3, 0.4) is 0 Å². The quantitative estimate of drug-likeness (QED) is 0.887. The molecule has 1 heterocycles. The fourth-order valence-electron chi connectivity index (χ4n) is 2.07. The molecule has 20 heavy (non-hydrogen) atoms. The van der Waals surface area contributed by atoms with E-state index >= 15 is 0 Å². The summed E-state index contributed by atoms with van der Waals surface area (Å²) in [5, 5.41) is 6.18. The molecule has 1 unspecified atom stereocenters. The molecule has 2 rings (SSSR count). The SMILES string of the molecule is CNC(c1nccs1)c1cc(OC)c(OC)cc1OC.